The number of sulfonamides is 1. The van der Waals surface area contributed by atoms with Crippen molar-refractivity contribution in [2.45, 2.75) is 75.1 Å². The van der Waals surface area contributed by atoms with E-state index in [1.54, 1.807) is 6.07 Å². The molecule has 1 aliphatic heterocycles. The average Bonchev–Trinajstić information content (AvgIpc) is 2.84. The Balaban J connectivity index is 1.23. The quantitative estimate of drug-likeness (QED) is 0.420. The molecule has 1 fully saturated rings. The van der Waals surface area contributed by atoms with Gasteiger partial charge in [0, 0.05) is 31.6 Å². The molecule has 0 saturated heterocycles. The van der Waals surface area contributed by atoms with Gasteiger partial charge in [-0.3, -0.25) is 4.79 Å². The van der Waals surface area contributed by atoms with Gasteiger partial charge in [0.25, 0.3) is 0 Å². The van der Waals surface area contributed by atoms with E-state index in [-0.39, 0.29) is 10.8 Å². The van der Waals surface area contributed by atoms with Gasteiger partial charge in [-0.25, -0.2) is 13.1 Å². The van der Waals surface area contributed by atoms with Crippen LogP contribution in [-0.4, -0.2) is 65.2 Å². The molecule has 1 amide bonds. The normalized spacial score (nSPS) is 16.7. The van der Waals surface area contributed by atoms with E-state index in [0.717, 1.165) is 25.8 Å². The highest BCUT2D eigenvalue weighted by Gasteiger charge is 2.19. The topological polar surface area (TPSA) is 97.0 Å². The summed E-state index contributed by atoms with van der Waals surface area (Å²) in [5, 5.41) is 3.00. The predicted octanol–water partition coefficient (Wildman–Crippen LogP) is 3.07. The molecule has 9 heteroatoms. The zero-order valence-electron chi connectivity index (χ0n) is 19.8. The molecule has 1 aliphatic carbocycles. The van der Waals surface area contributed by atoms with Crippen molar-refractivity contribution in [3.63, 3.8) is 0 Å². The summed E-state index contributed by atoms with van der Waals surface area (Å²) in [7, 11) is -1.40. The molecule has 0 bridgehead atoms. The number of amides is 1. The number of carbonyl (C=O) groups excluding carboxylic acids is 1. The largest absolute Gasteiger partial charge is 0.486 e. The third kappa shape index (κ3) is 8.46. The summed E-state index contributed by atoms with van der Waals surface area (Å²) in [4.78, 5) is 14.6. The Labute approximate surface area is 198 Å². The van der Waals surface area contributed by atoms with Crippen LogP contribution in [0, 0.1) is 0 Å². The van der Waals surface area contributed by atoms with E-state index in [1.165, 1.54) is 44.2 Å². The molecular formula is C24H39N3O5S. The average molecular weight is 482 g/mol. The monoisotopic (exact) mass is 481 g/mol. The highest BCUT2D eigenvalue weighted by atomic mass is 32.2. The highest BCUT2D eigenvalue weighted by molar-refractivity contribution is 7.89. The first-order valence-corrected chi connectivity index (χ1v) is 13.8. The van der Waals surface area contributed by atoms with Crippen molar-refractivity contribution in [2.24, 2.45) is 0 Å². The molecule has 1 heterocycles. The second-order valence-electron chi connectivity index (χ2n) is 8.99. The summed E-state index contributed by atoms with van der Waals surface area (Å²) in [6.07, 6.45) is 10.3. The van der Waals surface area contributed by atoms with E-state index in [9.17, 15) is 13.2 Å². The number of fused-ring (bicyclic) bond motifs is 1. The highest BCUT2D eigenvalue weighted by Crippen LogP contribution is 2.32. The van der Waals surface area contributed by atoms with Crippen LogP contribution in [0.2, 0.25) is 0 Å². The van der Waals surface area contributed by atoms with Gasteiger partial charge in [0.05, 0.1) is 4.90 Å². The maximum Gasteiger partial charge on any atom is 0.240 e. The fourth-order valence-electron chi connectivity index (χ4n) is 4.42. The molecule has 2 N–H and O–H groups in total. The number of benzene rings is 1. The number of unbranched alkanes of at least 4 members (excludes halogenated alkanes) is 2. The van der Waals surface area contributed by atoms with Crippen molar-refractivity contribution >= 4 is 15.9 Å². The molecule has 186 valence electrons. The molecule has 33 heavy (non-hydrogen) atoms. The Hall–Kier alpha value is -1.84. The molecular weight excluding hydrogens is 442 g/mol. The van der Waals surface area contributed by atoms with Gasteiger partial charge in [-0.15, -0.1) is 0 Å². The van der Waals surface area contributed by atoms with E-state index in [1.807, 2.05) is 0 Å². The number of nitrogens with one attached hydrogen (secondary N) is 2. The van der Waals surface area contributed by atoms with Gasteiger partial charge < -0.3 is 19.7 Å². The SMILES string of the molecule is CN(CCCNC(=O)CCCCCNS(=O)(=O)c1ccc2c(c1)OCCO2)C1CCCCC1. The minimum atomic E-state index is -3.60. The summed E-state index contributed by atoms with van der Waals surface area (Å²) in [5.41, 5.74) is 0. The first-order valence-electron chi connectivity index (χ1n) is 12.3. The lowest BCUT2D eigenvalue weighted by Gasteiger charge is -2.31. The lowest BCUT2D eigenvalue weighted by molar-refractivity contribution is -0.121. The number of ether oxygens (including phenoxy) is 2. The number of hydrogen-bond donors (Lipinski definition) is 2. The predicted molar refractivity (Wildman–Crippen MR) is 128 cm³/mol. The van der Waals surface area contributed by atoms with Crippen molar-refractivity contribution in [1.82, 2.24) is 14.9 Å². The van der Waals surface area contributed by atoms with Gasteiger partial charge in [0.1, 0.15) is 13.2 Å². The molecule has 0 radical (unpaired) electrons. The van der Waals surface area contributed by atoms with E-state index in [4.69, 9.17) is 9.47 Å². The molecule has 0 aromatic heterocycles. The van der Waals surface area contributed by atoms with Gasteiger partial charge in [-0.2, -0.15) is 0 Å². The summed E-state index contributed by atoms with van der Waals surface area (Å²) in [6.45, 7) is 2.95. The van der Waals surface area contributed by atoms with Crippen LogP contribution >= 0.6 is 0 Å². The van der Waals surface area contributed by atoms with Crippen LogP contribution in [0.4, 0.5) is 0 Å². The number of nitrogens with zero attached hydrogens (tertiary/aromatic N) is 1. The first-order chi connectivity index (χ1) is 16.0. The Morgan fingerprint density at radius 2 is 1.76 bits per heavy atom. The third-order valence-corrected chi connectivity index (χ3v) is 7.86. The fraction of sp³-hybridized carbons (Fsp3) is 0.708. The van der Waals surface area contributed by atoms with Gasteiger partial charge in [0.15, 0.2) is 11.5 Å². The molecule has 8 nitrogen and oxygen atoms in total. The summed E-state index contributed by atoms with van der Waals surface area (Å²) in [5.74, 6) is 1.10. The van der Waals surface area contributed by atoms with Crippen molar-refractivity contribution in [2.75, 3.05) is 39.9 Å². The lowest BCUT2D eigenvalue weighted by atomic mass is 9.94. The van der Waals surface area contributed by atoms with Crippen LogP contribution in [0.5, 0.6) is 11.5 Å². The van der Waals surface area contributed by atoms with Crippen LogP contribution in [0.25, 0.3) is 0 Å². The van der Waals surface area contributed by atoms with E-state index < -0.39 is 10.0 Å². The zero-order chi connectivity index (χ0) is 23.5. The smallest absolute Gasteiger partial charge is 0.240 e. The Morgan fingerprint density at radius 3 is 2.55 bits per heavy atom. The van der Waals surface area contributed by atoms with Crippen LogP contribution < -0.4 is 19.5 Å². The molecule has 3 rings (SSSR count). The standard InChI is InChI=1S/C24H39N3O5S/c1-27(20-9-4-2-5-10-20)16-8-14-25-24(28)11-6-3-7-15-26-33(29,30)21-12-13-22-23(19-21)32-18-17-31-22/h12-13,19-20,26H,2-11,14-18H2,1H3,(H,25,28). The van der Waals surface area contributed by atoms with Crippen LogP contribution in [0.15, 0.2) is 23.1 Å². The second-order valence-corrected chi connectivity index (χ2v) is 10.8. The number of rotatable bonds is 13. The number of carbonyl (C=O) groups is 1. The molecule has 0 spiro atoms. The van der Waals surface area contributed by atoms with Gasteiger partial charge in [-0.05, 0) is 57.8 Å². The van der Waals surface area contributed by atoms with Crippen molar-refractivity contribution in [3.05, 3.63) is 18.2 Å². The molecule has 1 aromatic carbocycles. The summed E-state index contributed by atoms with van der Waals surface area (Å²) >= 11 is 0. The van der Waals surface area contributed by atoms with E-state index >= 15 is 0 Å². The first kappa shape index (κ1) is 25.8. The fourth-order valence-corrected chi connectivity index (χ4v) is 5.51. The summed E-state index contributed by atoms with van der Waals surface area (Å²) < 4.78 is 38.5. The van der Waals surface area contributed by atoms with Gasteiger partial charge in [-0.1, -0.05) is 25.7 Å². The molecule has 2 aliphatic rings. The minimum absolute atomic E-state index is 0.0761. The maximum absolute atomic E-state index is 12.5. The second kappa shape index (κ2) is 13.2. The van der Waals surface area contributed by atoms with Crippen molar-refractivity contribution in [3.8, 4) is 11.5 Å². The molecule has 1 saturated carbocycles. The van der Waals surface area contributed by atoms with Crippen LogP contribution in [0.3, 0.4) is 0 Å². The van der Waals surface area contributed by atoms with Crippen molar-refractivity contribution < 1.29 is 22.7 Å². The van der Waals surface area contributed by atoms with E-state index in [0.29, 0.717) is 56.7 Å². The third-order valence-electron chi connectivity index (χ3n) is 6.40. The molecule has 1 aromatic rings. The van der Waals surface area contributed by atoms with Crippen LogP contribution in [0.1, 0.15) is 64.2 Å². The zero-order valence-corrected chi connectivity index (χ0v) is 20.6. The summed E-state index contributed by atoms with van der Waals surface area (Å²) in [6, 6.07) is 5.35. The van der Waals surface area contributed by atoms with Gasteiger partial charge >= 0.3 is 0 Å². The molecule has 0 unspecified atom stereocenters. The minimum Gasteiger partial charge on any atom is -0.486 e. The lowest BCUT2D eigenvalue weighted by Crippen LogP contribution is -2.35. The van der Waals surface area contributed by atoms with Crippen LogP contribution in [-0.2, 0) is 14.8 Å². The Bertz CT molecular complexity index is 856. The van der Waals surface area contributed by atoms with Crippen molar-refractivity contribution in [1.29, 1.82) is 0 Å². The maximum atomic E-state index is 12.5. The van der Waals surface area contributed by atoms with E-state index in [2.05, 4.69) is 22.0 Å². The Kier molecular flexibility index (Phi) is 10.3. The Morgan fingerprint density at radius 1 is 1.00 bits per heavy atom. The van der Waals surface area contributed by atoms with Gasteiger partial charge in [0.2, 0.25) is 15.9 Å². The number of hydrogen-bond acceptors (Lipinski definition) is 6. The molecule has 0 atom stereocenters.